The summed E-state index contributed by atoms with van der Waals surface area (Å²) in [7, 11) is 3.14. The Balaban J connectivity index is 1.71. The number of phenols is 1. The van der Waals surface area contributed by atoms with Crippen molar-refractivity contribution in [3.8, 4) is 45.4 Å². The van der Waals surface area contributed by atoms with Crippen LogP contribution in [-0.4, -0.2) is 29.3 Å². The summed E-state index contributed by atoms with van der Waals surface area (Å²) in [6.07, 6.45) is 0. The summed E-state index contributed by atoms with van der Waals surface area (Å²) in [5, 5.41) is 12.0. The Morgan fingerprint density at radius 3 is 2.37 bits per heavy atom. The van der Waals surface area contributed by atoms with E-state index in [0.29, 0.717) is 49.8 Å². The van der Waals surface area contributed by atoms with E-state index in [1.165, 1.54) is 6.07 Å². The maximum atomic E-state index is 10.9. The molecular formula is C26H23Cl2N3O4. The van der Waals surface area contributed by atoms with Gasteiger partial charge >= 0.3 is 0 Å². The second-order valence-electron chi connectivity index (χ2n) is 7.66. The molecule has 0 unspecified atom stereocenters. The van der Waals surface area contributed by atoms with Crippen molar-refractivity contribution in [2.75, 3.05) is 20.0 Å². The van der Waals surface area contributed by atoms with Crippen molar-refractivity contribution in [3.63, 3.8) is 0 Å². The summed E-state index contributed by atoms with van der Waals surface area (Å²) >= 11 is 12.2. The fourth-order valence-corrected chi connectivity index (χ4v) is 4.19. The fraction of sp³-hybridized carbons (Fsp3) is 0.154. The van der Waals surface area contributed by atoms with Gasteiger partial charge in [-0.1, -0.05) is 35.3 Å². The van der Waals surface area contributed by atoms with Crippen LogP contribution in [0.25, 0.3) is 22.4 Å². The van der Waals surface area contributed by atoms with Gasteiger partial charge in [-0.25, -0.2) is 9.97 Å². The number of aromatic hydroxyl groups is 1. The third-order valence-electron chi connectivity index (χ3n) is 5.41. The van der Waals surface area contributed by atoms with Crippen molar-refractivity contribution in [2.45, 2.75) is 13.5 Å². The Morgan fingerprint density at radius 1 is 0.914 bits per heavy atom. The number of nitrogens with two attached hydrogens (primary N) is 1. The second kappa shape index (κ2) is 10.3. The molecule has 0 amide bonds. The zero-order valence-corrected chi connectivity index (χ0v) is 20.8. The highest BCUT2D eigenvalue weighted by Gasteiger charge is 2.19. The van der Waals surface area contributed by atoms with E-state index in [1.54, 1.807) is 50.6 Å². The number of benzene rings is 3. The van der Waals surface area contributed by atoms with E-state index in [0.717, 1.165) is 11.1 Å². The Morgan fingerprint density at radius 2 is 1.69 bits per heavy atom. The largest absolute Gasteiger partial charge is 0.507 e. The third kappa shape index (κ3) is 5.21. The van der Waals surface area contributed by atoms with Gasteiger partial charge in [0.15, 0.2) is 11.5 Å². The molecule has 0 spiro atoms. The molecule has 0 aliphatic rings. The average Bonchev–Trinajstić information content (AvgIpc) is 2.82. The molecule has 0 saturated heterocycles. The molecule has 3 N–H and O–H groups in total. The van der Waals surface area contributed by atoms with Crippen LogP contribution < -0.4 is 19.9 Å². The van der Waals surface area contributed by atoms with E-state index >= 15 is 0 Å². The van der Waals surface area contributed by atoms with Crippen molar-refractivity contribution in [1.29, 1.82) is 0 Å². The molecule has 0 saturated carbocycles. The summed E-state index contributed by atoms with van der Waals surface area (Å²) in [5.41, 5.74) is 9.83. The molecule has 0 fully saturated rings. The van der Waals surface area contributed by atoms with Gasteiger partial charge in [-0.3, -0.25) is 0 Å². The standard InChI is InChI=1S/C26H23Cl2N3O4/c1-14-24(15-5-9-22(33-2)23(10-15)34-3)25(31-26(29)30-14)19-8-7-18(12-21(19)32)35-13-16-4-6-17(27)11-20(16)28/h4-12,32H,13H2,1-3H3,(H2,29,30,31). The molecule has 7 nitrogen and oxygen atoms in total. The van der Waals surface area contributed by atoms with Crippen molar-refractivity contribution in [2.24, 2.45) is 0 Å². The number of hydrogen-bond acceptors (Lipinski definition) is 7. The molecule has 0 bridgehead atoms. The highest BCUT2D eigenvalue weighted by molar-refractivity contribution is 6.35. The van der Waals surface area contributed by atoms with Gasteiger partial charge in [0.05, 0.1) is 25.6 Å². The van der Waals surface area contributed by atoms with E-state index in [-0.39, 0.29) is 18.3 Å². The van der Waals surface area contributed by atoms with E-state index in [4.69, 9.17) is 43.1 Å². The number of anilines is 1. The average molecular weight is 512 g/mol. The summed E-state index contributed by atoms with van der Waals surface area (Å²) in [6, 6.07) is 15.7. The van der Waals surface area contributed by atoms with Crippen molar-refractivity contribution in [1.82, 2.24) is 9.97 Å². The number of nitrogens with zero attached hydrogens (tertiary/aromatic N) is 2. The molecule has 3 aromatic carbocycles. The number of nitrogen functional groups attached to an aromatic ring is 1. The third-order valence-corrected chi connectivity index (χ3v) is 6.00. The van der Waals surface area contributed by atoms with Crippen LogP contribution in [0.3, 0.4) is 0 Å². The van der Waals surface area contributed by atoms with E-state index in [2.05, 4.69) is 9.97 Å². The molecule has 180 valence electrons. The first-order valence-corrected chi connectivity index (χ1v) is 11.3. The van der Waals surface area contributed by atoms with Crippen LogP contribution in [0.4, 0.5) is 5.95 Å². The molecule has 1 heterocycles. The Kier molecular flexibility index (Phi) is 7.19. The minimum absolute atomic E-state index is 0.0241. The first-order valence-electron chi connectivity index (χ1n) is 10.6. The summed E-state index contributed by atoms with van der Waals surface area (Å²) in [4.78, 5) is 8.77. The molecule has 9 heteroatoms. The lowest BCUT2D eigenvalue weighted by molar-refractivity contribution is 0.304. The predicted molar refractivity (Wildman–Crippen MR) is 138 cm³/mol. The lowest BCUT2D eigenvalue weighted by Crippen LogP contribution is -2.03. The lowest BCUT2D eigenvalue weighted by atomic mass is 9.97. The van der Waals surface area contributed by atoms with Gasteiger partial charge in [0.2, 0.25) is 5.95 Å². The van der Waals surface area contributed by atoms with Gasteiger partial charge in [-0.2, -0.15) is 0 Å². The Labute approximate surface area is 213 Å². The predicted octanol–water partition coefficient (Wildman–Crippen LogP) is 6.31. The van der Waals surface area contributed by atoms with Crippen molar-refractivity contribution < 1.29 is 19.3 Å². The van der Waals surface area contributed by atoms with Gasteiger partial charge in [0, 0.05) is 32.8 Å². The zero-order chi connectivity index (χ0) is 25.1. The molecule has 0 aliphatic carbocycles. The number of methoxy groups -OCH3 is 2. The number of aromatic nitrogens is 2. The first kappa shape index (κ1) is 24.4. The van der Waals surface area contributed by atoms with Crippen LogP contribution in [0.5, 0.6) is 23.0 Å². The Hall–Kier alpha value is -3.68. The first-order chi connectivity index (χ1) is 16.8. The molecule has 0 aliphatic heterocycles. The van der Waals surface area contributed by atoms with E-state index in [1.807, 2.05) is 19.1 Å². The summed E-state index contributed by atoms with van der Waals surface area (Å²) in [6.45, 7) is 2.04. The smallest absolute Gasteiger partial charge is 0.220 e. The SMILES string of the molecule is COc1ccc(-c2c(C)nc(N)nc2-c2ccc(OCc3ccc(Cl)cc3Cl)cc2O)cc1OC. The van der Waals surface area contributed by atoms with Gasteiger partial charge in [0.25, 0.3) is 0 Å². The minimum Gasteiger partial charge on any atom is -0.507 e. The van der Waals surface area contributed by atoms with E-state index in [9.17, 15) is 5.11 Å². The molecule has 4 aromatic rings. The number of halogens is 2. The second-order valence-corrected chi connectivity index (χ2v) is 8.51. The maximum Gasteiger partial charge on any atom is 0.220 e. The van der Waals surface area contributed by atoms with Crippen molar-refractivity contribution in [3.05, 3.63) is 75.9 Å². The lowest BCUT2D eigenvalue weighted by Gasteiger charge is -2.16. The summed E-state index contributed by atoms with van der Waals surface area (Å²) < 4.78 is 16.6. The molecule has 4 rings (SSSR count). The quantitative estimate of drug-likeness (QED) is 0.299. The van der Waals surface area contributed by atoms with Gasteiger partial charge < -0.3 is 25.1 Å². The van der Waals surface area contributed by atoms with Crippen LogP contribution in [0.15, 0.2) is 54.6 Å². The van der Waals surface area contributed by atoms with Crippen LogP contribution in [0.1, 0.15) is 11.3 Å². The van der Waals surface area contributed by atoms with E-state index < -0.39 is 0 Å². The fourth-order valence-electron chi connectivity index (χ4n) is 3.73. The van der Waals surface area contributed by atoms with Crippen LogP contribution in [0, 0.1) is 6.92 Å². The highest BCUT2D eigenvalue weighted by Crippen LogP contribution is 2.41. The number of hydrogen-bond donors (Lipinski definition) is 2. The van der Waals surface area contributed by atoms with Crippen LogP contribution in [0.2, 0.25) is 10.0 Å². The van der Waals surface area contributed by atoms with Crippen LogP contribution in [-0.2, 0) is 6.61 Å². The van der Waals surface area contributed by atoms with Crippen molar-refractivity contribution >= 4 is 29.2 Å². The number of aryl methyl sites for hydroxylation is 1. The number of ether oxygens (including phenoxy) is 3. The monoisotopic (exact) mass is 511 g/mol. The molecule has 0 radical (unpaired) electrons. The molecule has 0 atom stereocenters. The van der Waals surface area contributed by atoms with Gasteiger partial charge in [-0.05, 0) is 48.9 Å². The number of rotatable bonds is 7. The van der Waals surface area contributed by atoms with Gasteiger partial charge in [-0.15, -0.1) is 0 Å². The minimum atomic E-state index is -0.0241. The normalized spacial score (nSPS) is 10.8. The molecule has 1 aromatic heterocycles. The zero-order valence-electron chi connectivity index (χ0n) is 19.3. The Bertz CT molecular complexity index is 1400. The maximum absolute atomic E-state index is 10.9. The molecule has 35 heavy (non-hydrogen) atoms. The topological polar surface area (TPSA) is 99.7 Å². The number of phenolic OH excluding ortho intramolecular Hbond substituents is 1. The van der Waals surface area contributed by atoms with Crippen LogP contribution >= 0.6 is 23.2 Å². The van der Waals surface area contributed by atoms with Gasteiger partial charge in [0.1, 0.15) is 18.1 Å². The molecular weight excluding hydrogens is 489 g/mol. The summed E-state index contributed by atoms with van der Waals surface area (Å²) in [5.74, 6) is 1.68. The highest BCUT2D eigenvalue weighted by atomic mass is 35.5.